The molecule has 0 bridgehead atoms. The largest absolute Gasteiger partial charge is 0.444 e. The van der Waals surface area contributed by atoms with Crippen molar-refractivity contribution in [3.63, 3.8) is 0 Å². The number of anilines is 1. The zero-order chi connectivity index (χ0) is 21.0. The Morgan fingerprint density at radius 2 is 1.86 bits per heavy atom. The van der Waals surface area contributed by atoms with Gasteiger partial charge in [0.05, 0.1) is 6.04 Å². The van der Waals surface area contributed by atoms with Crippen LogP contribution in [0.3, 0.4) is 0 Å². The molecular weight excluding hydrogens is 366 g/mol. The Morgan fingerprint density at radius 3 is 2.55 bits per heavy atom. The van der Waals surface area contributed by atoms with Gasteiger partial charge in [0.25, 0.3) is 0 Å². The van der Waals surface area contributed by atoms with Gasteiger partial charge in [0.1, 0.15) is 5.60 Å². The van der Waals surface area contributed by atoms with E-state index in [1.165, 1.54) is 0 Å². The van der Waals surface area contributed by atoms with E-state index < -0.39 is 11.6 Å². The van der Waals surface area contributed by atoms with E-state index in [4.69, 9.17) is 10.5 Å². The van der Waals surface area contributed by atoms with Crippen LogP contribution >= 0.6 is 0 Å². The van der Waals surface area contributed by atoms with Crippen LogP contribution in [0.4, 0.5) is 10.5 Å². The van der Waals surface area contributed by atoms with E-state index in [1.54, 1.807) is 4.90 Å². The minimum atomic E-state index is -0.615. The maximum absolute atomic E-state index is 12.5. The Kier molecular flexibility index (Phi) is 6.23. The van der Waals surface area contributed by atoms with Gasteiger partial charge in [-0.1, -0.05) is 36.4 Å². The van der Waals surface area contributed by atoms with Crippen molar-refractivity contribution in [1.29, 1.82) is 0 Å². The molecule has 0 spiro atoms. The fourth-order valence-corrected chi connectivity index (χ4v) is 3.31. The normalized spacial score (nSPS) is 14.7. The summed E-state index contributed by atoms with van der Waals surface area (Å²) in [6.45, 7) is 6.68. The lowest BCUT2D eigenvalue weighted by Gasteiger charge is -2.31. The molecule has 154 valence electrons. The van der Waals surface area contributed by atoms with Gasteiger partial charge in [0, 0.05) is 18.8 Å². The first-order valence-corrected chi connectivity index (χ1v) is 9.91. The van der Waals surface area contributed by atoms with Crippen molar-refractivity contribution in [1.82, 2.24) is 4.90 Å². The molecule has 0 radical (unpaired) electrons. The fraction of sp³-hybridized carbons (Fsp3) is 0.391. The minimum absolute atomic E-state index is 0.208. The first-order valence-electron chi connectivity index (χ1n) is 9.91. The van der Waals surface area contributed by atoms with Crippen LogP contribution < -0.4 is 11.1 Å². The number of ether oxygens (including phenoxy) is 1. The van der Waals surface area contributed by atoms with Crippen molar-refractivity contribution in [3.8, 4) is 0 Å². The molecule has 3 N–H and O–H groups in total. The van der Waals surface area contributed by atoms with Gasteiger partial charge in [-0.05, 0) is 62.4 Å². The monoisotopic (exact) mass is 395 g/mol. The average Bonchev–Trinajstić information content (AvgIpc) is 2.67. The van der Waals surface area contributed by atoms with Gasteiger partial charge in [0.15, 0.2) is 0 Å². The number of hydrogen-bond donors (Lipinski definition) is 2. The Balaban J connectivity index is 1.60. The second-order valence-corrected chi connectivity index (χ2v) is 8.42. The highest BCUT2D eigenvalue weighted by atomic mass is 16.6. The number of rotatable bonds is 4. The van der Waals surface area contributed by atoms with Crippen LogP contribution in [-0.2, 0) is 28.9 Å². The van der Waals surface area contributed by atoms with Crippen molar-refractivity contribution < 1.29 is 14.3 Å². The molecule has 2 amide bonds. The van der Waals surface area contributed by atoms with Crippen LogP contribution in [0.15, 0.2) is 48.5 Å². The molecule has 0 fully saturated rings. The van der Waals surface area contributed by atoms with Gasteiger partial charge in [-0.15, -0.1) is 0 Å². The van der Waals surface area contributed by atoms with Crippen LogP contribution in [0.1, 0.15) is 37.5 Å². The van der Waals surface area contributed by atoms with Crippen molar-refractivity contribution >= 4 is 17.7 Å². The summed E-state index contributed by atoms with van der Waals surface area (Å²) in [5, 5.41) is 2.91. The lowest BCUT2D eigenvalue weighted by molar-refractivity contribution is -0.117. The number of benzene rings is 2. The van der Waals surface area contributed by atoms with E-state index >= 15 is 0 Å². The summed E-state index contributed by atoms with van der Waals surface area (Å²) >= 11 is 0. The quantitative estimate of drug-likeness (QED) is 0.830. The summed E-state index contributed by atoms with van der Waals surface area (Å²) in [5.41, 5.74) is 9.50. The molecule has 0 aliphatic carbocycles. The smallest absolute Gasteiger partial charge is 0.410 e. The summed E-state index contributed by atoms with van der Waals surface area (Å²) in [5.74, 6) is -0.208. The maximum atomic E-state index is 12.5. The molecule has 0 aromatic heterocycles. The van der Waals surface area contributed by atoms with Crippen molar-refractivity contribution in [2.24, 2.45) is 5.73 Å². The number of nitrogens with one attached hydrogen (secondary N) is 1. The highest BCUT2D eigenvalue weighted by Crippen LogP contribution is 2.24. The summed E-state index contributed by atoms with van der Waals surface area (Å²) in [4.78, 5) is 26.5. The molecule has 2 aromatic rings. The third kappa shape index (κ3) is 5.81. The molecule has 2 aromatic carbocycles. The number of carbonyl (C=O) groups excluding carboxylic acids is 2. The molecule has 0 saturated heterocycles. The van der Waals surface area contributed by atoms with Crippen molar-refractivity contribution in [3.05, 3.63) is 65.2 Å². The topological polar surface area (TPSA) is 84.7 Å². The third-order valence-electron chi connectivity index (χ3n) is 4.77. The van der Waals surface area contributed by atoms with E-state index in [-0.39, 0.29) is 12.0 Å². The van der Waals surface area contributed by atoms with Gasteiger partial charge in [-0.3, -0.25) is 4.79 Å². The zero-order valence-corrected chi connectivity index (χ0v) is 17.3. The summed E-state index contributed by atoms with van der Waals surface area (Å²) in [7, 11) is 0. The highest BCUT2D eigenvalue weighted by molar-refractivity contribution is 5.95. The molecule has 6 nitrogen and oxygen atoms in total. The van der Waals surface area contributed by atoms with E-state index in [0.717, 1.165) is 22.4 Å². The molecule has 29 heavy (non-hydrogen) atoms. The van der Waals surface area contributed by atoms with Gasteiger partial charge < -0.3 is 20.7 Å². The molecular formula is C23H29N3O3. The Hall–Kier alpha value is -2.86. The van der Waals surface area contributed by atoms with Crippen LogP contribution in [0.5, 0.6) is 0 Å². The molecule has 1 aliphatic heterocycles. The molecule has 3 rings (SSSR count). The summed E-state index contributed by atoms with van der Waals surface area (Å²) in [6, 6.07) is 14.9. The van der Waals surface area contributed by atoms with Crippen LogP contribution in [0.2, 0.25) is 0 Å². The van der Waals surface area contributed by atoms with E-state index in [9.17, 15) is 9.59 Å². The number of fused-ring (bicyclic) bond motifs is 1. The van der Waals surface area contributed by atoms with Gasteiger partial charge in [0.2, 0.25) is 5.91 Å². The lowest BCUT2D eigenvalue weighted by Crippen LogP contribution is -2.40. The van der Waals surface area contributed by atoms with E-state index in [1.807, 2.05) is 69.3 Å². The molecule has 1 aliphatic rings. The molecule has 1 atom stereocenters. The van der Waals surface area contributed by atoms with Crippen LogP contribution in [-0.4, -0.2) is 35.1 Å². The summed E-state index contributed by atoms with van der Waals surface area (Å²) in [6.07, 6.45) is 0.906. The molecule has 6 heteroatoms. The number of carbonyl (C=O) groups is 2. The molecule has 0 saturated carbocycles. The second kappa shape index (κ2) is 8.66. The Morgan fingerprint density at radius 1 is 1.14 bits per heavy atom. The van der Waals surface area contributed by atoms with Crippen LogP contribution in [0, 0.1) is 0 Å². The highest BCUT2D eigenvalue weighted by Gasteiger charge is 2.26. The Labute approximate surface area is 172 Å². The first kappa shape index (κ1) is 20.9. The Bertz CT molecular complexity index is 875. The number of nitrogens with zero attached hydrogens (tertiary/aromatic N) is 1. The van der Waals surface area contributed by atoms with Gasteiger partial charge in [-0.2, -0.15) is 0 Å². The van der Waals surface area contributed by atoms with Crippen molar-refractivity contribution in [2.75, 3.05) is 11.9 Å². The second-order valence-electron chi connectivity index (χ2n) is 8.42. The van der Waals surface area contributed by atoms with Crippen LogP contribution in [0.25, 0.3) is 0 Å². The molecule has 1 heterocycles. The van der Waals surface area contributed by atoms with Crippen molar-refractivity contribution in [2.45, 2.75) is 51.8 Å². The van der Waals surface area contributed by atoms with Gasteiger partial charge >= 0.3 is 6.09 Å². The maximum Gasteiger partial charge on any atom is 0.410 e. The van der Waals surface area contributed by atoms with Gasteiger partial charge in [-0.25, -0.2) is 4.79 Å². The van der Waals surface area contributed by atoms with E-state index in [0.29, 0.717) is 25.9 Å². The first-order chi connectivity index (χ1) is 13.7. The zero-order valence-electron chi connectivity index (χ0n) is 17.3. The number of amides is 2. The third-order valence-corrected chi connectivity index (χ3v) is 4.77. The standard InChI is InChI=1S/C23H29N3O3/c1-23(2,3)29-22(28)26-12-11-17-14-19(10-9-18(17)15-26)25-21(27)20(24)13-16-7-5-4-6-8-16/h4-10,14,20H,11-13,15,24H2,1-3H3,(H,25,27). The predicted molar refractivity (Wildman–Crippen MR) is 114 cm³/mol. The minimum Gasteiger partial charge on any atom is -0.444 e. The number of nitrogens with two attached hydrogens (primary N) is 1. The SMILES string of the molecule is CC(C)(C)OC(=O)N1CCc2cc(NC(=O)C(N)Cc3ccccc3)ccc2C1. The summed E-state index contributed by atoms with van der Waals surface area (Å²) < 4.78 is 5.46. The lowest BCUT2D eigenvalue weighted by atomic mass is 9.99. The van der Waals surface area contributed by atoms with E-state index in [2.05, 4.69) is 5.32 Å². The molecule has 1 unspecified atom stereocenters. The number of hydrogen-bond acceptors (Lipinski definition) is 4. The fourth-order valence-electron chi connectivity index (χ4n) is 3.31. The average molecular weight is 396 g/mol. The predicted octanol–water partition coefficient (Wildman–Crippen LogP) is 3.49.